The second-order valence-corrected chi connectivity index (χ2v) is 7.22. The van der Waals surface area contributed by atoms with E-state index in [1.54, 1.807) is 49.6 Å². The second-order valence-electron chi connectivity index (χ2n) is 7.22. The number of nitrogens with two attached hydrogens (primary N) is 1. The van der Waals surface area contributed by atoms with Crippen LogP contribution in [0.5, 0.6) is 23.0 Å². The first-order valence-corrected chi connectivity index (χ1v) is 10.3. The van der Waals surface area contributed by atoms with Gasteiger partial charge in [0.25, 0.3) is 0 Å². The molecule has 0 saturated heterocycles. The monoisotopic (exact) mass is 442 g/mol. The maximum Gasteiger partial charge on any atom is 0.347 e. The second kappa shape index (κ2) is 9.37. The first-order valence-electron chi connectivity index (χ1n) is 10.3. The molecule has 0 aromatic heterocycles. The summed E-state index contributed by atoms with van der Waals surface area (Å²) in [4.78, 5) is 12.8. The van der Waals surface area contributed by atoms with Gasteiger partial charge in [-0.2, -0.15) is 5.26 Å². The first kappa shape index (κ1) is 21.8. The predicted molar refractivity (Wildman–Crippen MR) is 121 cm³/mol. The van der Waals surface area contributed by atoms with Gasteiger partial charge < -0.3 is 24.7 Å². The minimum atomic E-state index is -0.553. The van der Waals surface area contributed by atoms with Gasteiger partial charge in [-0.15, -0.1) is 0 Å². The number of esters is 1. The molecule has 7 heteroatoms. The number of rotatable bonds is 6. The van der Waals surface area contributed by atoms with Crippen molar-refractivity contribution in [2.45, 2.75) is 12.8 Å². The number of methoxy groups -OCH3 is 1. The number of hydrogen-bond acceptors (Lipinski definition) is 7. The molecule has 0 aliphatic carbocycles. The van der Waals surface area contributed by atoms with E-state index in [0.29, 0.717) is 35.0 Å². The van der Waals surface area contributed by atoms with Crippen LogP contribution in [0, 0.1) is 11.3 Å². The molecule has 2 N–H and O–H groups in total. The van der Waals surface area contributed by atoms with Crippen LogP contribution in [0.3, 0.4) is 0 Å². The molecule has 1 atom stereocenters. The molecular weight excluding hydrogens is 420 g/mol. The van der Waals surface area contributed by atoms with Crippen molar-refractivity contribution >= 4 is 5.97 Å². The Morgan fingerprint density at radius 1 is 1.09 bits per heavy atom. The Hall–Kier alpha value is -4.44. The van der Waals surface area contributed by atoms with E-state index in [2.05, 4.69) is 6.07 Å². The van der Waals surface area contributed by atoms with Crippen LogP contribution in [0.1, 0.15) is 34.3 Å². The molecule has 0 saturated carbocycles. The molecular formula is C26H22N2O5. The number of hydrogen-bond donors (Lipinski definition) is 1. The van der Waals surface area contributed by atoms with Crippen molar-refractivity contribution in [2.75, 3.05) is 13.7 Å². The molecule has 3 aromatic carbocycles. The Bertz CT molecular complexity index is 1260. The van der Waals surface area contributed by atoms with Crippen LogP contribution in [-0.4, -0.2) is 19.7 Å². The Kier molecular flexibility index (Phi) is 6.18. The molecule has 0 radical (unpaired) electrons. The quantitative estimate of drug-likeness (QED) is 0.442. The van der Waals surface area contributed by atoms with Crippen LogP contribution in [0.2, 0.25) is 0 Å². The molecule has 1 heterocycles. The summed E-state index contributed by atoms with van der Waals surface area (Å²) in [6.07, 6.45) is 0. The molecule has 1 unspecified atom stereocenters. The molecule has 3 aromatic rings. The van der Waals surface area contributed by atoms with Crippen LogP contribution in [0.4, 0.5) is 0 Å². The number of nitrogens with zero attached hydrogens (tertiary/aromatic N) is 1. The molecule has 33 heavy (non-hydrogen) atoms. The lowest BCUT2D eigenvalue weighted by Gasteiger charge is -2.26. The van der Waals surface area contributed by atoms with Gasteiger partial charge in [-0.3, -0.25) is 0 Å². The maximum absolute atomic E-state index is 12.8. The first-order chi connectivity index (χ1) is 16.0. The minimum absolute atomic E-state index is 0.0102. The third kappa shape index (κ3) is 4.32. The molecule has 7 nitrogen and oxygen atoms in total. The molecule has 4 rings (SSSR count). The molecule has 0 spiro atoms. The van der Waals surface area contributed by atoms with Crippen molar-refractivity contribution in [3.05, 3.63) is 94.9 Å². The highest BCUT2D eigenvalue weighted by Gasteiger charge is 2.31. The van der Waals surface area contributed by atoms with Crippen molar-refractivity contribution in [1.29, 1.82) is 5.26 Å². The van der Waals surface area contributed by atoms with Crippen molar-refractivity contribution < 1.29 is 23.7 Å². The lowest BCUT2D eigenvalue weighted by Crippen LogP contribution is -2.21. The van der Waals surface area contributed by atoms with Crippen LogP contribution in [-0.2, 0) is 0 Å². The number of allylic oxidation sites excluding steroid dienone is 1. The number of nitriles is 1. The third-order valence-electron chi connectivity index (χ3n) is 5.26. The van der Waals surface area contributed by atoms with Crippen LogP contribution in [0.15, 0.2) is 78.2 Å². The van der Waals surface area contributed by atoms with Gasteiger partial charge in [0.15, 0.2) is 0 Å². The van der Waals surface area contributed by atoms with Gasteiger partial charge >= 0.3 is 5.97 Å². The summed E-state index contributed by atoms with van der Waals surface area (Å²) in [5.41, 5.74) is 8.29. The summed E-state index contributed by atoms with van der Waals surface area (Å²) < 4.78 is 22.0. The molecule has 1 aliphatic heterocycles. The van der Waals surface area contributed by atoms with Gasteiger partial charge in [-0.05, 0) is 42.8 Å². The Balaban J connectivity index is 1.67. The van der Waals surface area contributed by atoms with E-state index < -0.39 is 11.9 Å². The van der Waals surface area contributed by atoms with Gasteiger partial charge in [-0.1, -0.05) is 30.3 Å². The highest BCUT2D eigenvalue weighted by atomic mass is 16.5. The number of fused-ring (bicyclic) bond motifs is 1. The number of ether oxygens (including phenoxy) is 4. The Morgan fingerprint density at radius 2 is 1.82 bits per heavy atom. The highest BCUT2D eigenvalue weighted by Crippen LogP contribution is 2.43. The lowest BCUT2D eigenvalue weighted by molar-refractivity contribution is 0.0730. The largest absolute Gasteiger partial charge is 0.497 e. The number of carbonyl (C=O) groups is 1. The fraction of sp³-hybridized carbons (Fsp3) is 0.154. The van der Waals surface area contributed by atoms with Crippen molar-refractivity contribution in [2.24, 2.45) is 5.73 Å². The van der Waals surface area contributed by atoms with Gasteiger partial charge in [0, 0.05) is 11.6 Å². The van der Waals surface area contributed by atoms with E-state index in [4.69, 9.17) is 24.7 Å². The van der Waals surface area contributed by atoms with Gasteiger partial charge in [0.2, 0.25) is 5.88 Å². The Morgan fingerprint density at radius 3 is 2.52 bits per heavy atom. The molecule has 0 bridgehead atoms. The van der Waals surface area contributed by atoms with Crippen molar-refractivity contribution in [1.82, 2.24) is 0 Å². The molecule has 0 amide bonds. The number of benzene rings is 3. The van der Waals surface area contributed by atoms with Crippen LogP contribution < -0.4 is 24.7 Å². The standard InChI is InChI=1S/C26H22N2O5/c1-3-31-22-7-5-4-6-20(22)26(29)32-18-12-13-19-23(14-18)33-25(28)21(15-27)24(19)16-8-10-17(30-2)11-9-16/h4-14,24H,3,28H2,1-2H3. The molecule has 166 valence electrons. The summed E-state index contributed by atoms with van der Waals surface area (Å²) in [6, 6.07) is 21.5. The fourth-order valence-electron chi connectivity index (χ4n) is 3.72. The summed E-state index contributed by atoms with van der Waals surface area (Å²) in [5.74, 6) is 0.884. The topological polar surface area (TPSA) is 104 Å². The fourth-order valence-corrected chi connectivity index (χ4v) is 3.72. The lowest BCUT2D eigenvalue weighted by atomic mass is 9.83. The van der Waals surface area contributed by atoms with E-state index in [1.807, 2.05) is 31.2 Å². The van der Waals surface area contributed by atoms with Gasteiger partial charge in [0.1, 0.15) is 40.2 Å². The summed E-state index contributed by atoms with van der Waals surface area (Å²) in [6.45, 7) is 2.27. The van der Waals surface area contributed by atoms with Gasteiger partial charge in [0.05, 0.1) is 19.6 Å². The highest BCUT2D eigenvalue weighted by molar-refractivity contribution is 5.94. The number of para-hydroxylation sites is 1. The predicted octanol–water partition coefficient (Wildman–Crippen LogP) is 4.53. The third-order valence-corrected chi connectivity index (χ3v) is 5.26. The SMILES string of the molecule is CCOc1ccccc1C(=O)Oc1ccc2c(c1)OC(N)=C(C#N)C2c1ccc(OC)cc1. The van der Waals surface area contributed by atoms with Crippen LogP contribution in [0.25, 0.3) is 0 Å². The minimum Gasteiger partial charge on any atom is -0.497 e. The van der Waals surface area contributed by atoms with E-state index in [1.165, 1.54) is 0 Å². The Labute approximate surface area is 191 Å². The average molecular weight is 442 g/mol. The van der Waals surface area contributed by atoms with Crippen molar-refractivity contribution in [3.63, 3.8) is 0 Å². The smallest absolute Gasteiger partial charge is 0.347 e. The molecule has 0 fully saturated rings. The summed E-state index contributed by atoms with van der Waals surface area (Å²) >= 11 is 0. The average Bonchev–Trinajstić information content (AvgIpc) is 2.83. The maximum atomic E-state index is 12.8. The zero-order chi connectivity index (χ0) is 23.4. The zero-order valence-corrected chi connectivity index (χ0v) is 18.2. The van der Waals surface area contributed by atoms with Crippen LogP contribution >= 0.6 is 0 Å². The normalized spacial score (nSPS) is 14.5. The van der Waals surface area contributed by atoms with E-state index in [0.717, 1.165) is 11.1 Å². The van der Waals surface area contributed by atoms with Crippen molar-refractivity contribution in [3.8, 4) is 29.1 Å². The summed E-state index contributed by atoms with van der Waals surface area (Å²) in [5, 5.41) is 9.72. The zero-order valence-electron chi connectivity index (χ0n) is 18.2. The van der Waals surface area contributed by atoms with E-state index in [-0.39, 0.29) is 11.6 Å². The van der Waals surface area contributed by atoms with Gasteiger partial charge in [-0.25, -0.2) is 4.79 Å². The number of carbonyl (C=O) groups excluding carboxylic acids is 1. The molecule has 1 aliphatic rings. The van der Waals surface area contributed by atoms with E-state index in [9.17, 15) is 10.1 Å². The summed E-state index contributed by atoms with van der Waals surface area (Å²) in [7, 11) is 1.59. The van der Waals surface area contributed by atoms with E-state index >= 15 is 0 Å².